The van der Waals surface area contributed by atoms with Gasteiger partial charge in [0.15, 0.2) is 11.5 Å². The number of ether oxygens (including phenoxy) is 2. The van der Waals surface area contributed by atoms with Gasteiger partial charge in [-0.2, -0.15) is 0 Å². The molecule has 0 unspecified atom stereocenters. The lowest BCUT2D eigenvalue weighted by atomic mass is 9.86. The number of sulfonamides is 1. The number of benzene rings is 2. The normalized spacial score (nSPS) is 12.0. The van der Waals surface area contributed by atoms with Crippen molar-refractivity contribution in [2.75, 3.05) is 20.8 Å². The van der Waals surface area contributed by atoms with E-state index >= 15 is 0 Å². The maximum atomic E-state index is 12.6. The first kappa shape index (κ1) is 20.7. The van der Waals surface area contributed by atoms with E-state index in [1.807, 2.05) is 38.1 Å². The van der Waals surface area contributed by atoms with E-state index in [4.69, 9.17) is 9.47 Å². The fourth-order valence-electron chi connectivity index (χ4n) is 2.57. The zero-order valence-corrected chi connectivity index (χ0v) is 17.8. The third-order valence-electron chi connectivity index (χ3n) is 4.00. The van der Waals surface area contributed by atoms with Gasteiger partial charge in [-0.15, -0.1) is 0 Å². The molecule has 2 aromatic rings. The van der Waals surface area contributed by atoms with Crippen LogP contribution in [0.5, 0.6) is 11.5 Å². The minimum Gasteiger partial charge on any atom is -0.493 e. The van der Waals surface area contributed by atoms with Gasteiger partial charge in [0.25, 0.3) is 0 Å². The molecule has 0 aliphatic carbocycles. The van der Waals surface area contributed by atoms with Crippen LogP contribution in [0.25, 0.3) is 0 Å². The minimum absolute atomic E-state index is 0.148. The predicted octanol–water partition coefficient (Wildman–Crippen LogP) is 4.01. The Morgan fingerprint density at radius 3 is 2.19 bits per heavy atom. The molecular weight excluding hydrogens is 418 g/mol. The standard InChI is InChI=1S/C19H24BrNO4S/c1-19(2,12-14-5-7-15(20)8-6-14)13-21-26(22,23)16-9-10-17(24-3)18(11-16)25-4/h5-11,21H,12-13H2,1-4H3. The molecule has 7 heteroatoms. The molecule has 0 fully saturated rings. The van der Waals surface area contributed by atoms with Gasteiger partial charge in [0, 0.05) is 17.1 Å². The first-order valence-corrected chi connectivity index (χ1v) is 10.4. The molecule has 0 amide bonds. The fraction of sp³-hybridized carbons (Fsp3) is 0.368. The summed E-state index contributed by atoms with van der Waals surface area (Å²) < 4.78 is 39.3. The van der Waals surface area contributed by atoms with E-state index in [1.165, 1.54) is 26.4 Å². The number of hydrogen-bond donors (Lipinski definition) is 1. The Labute approximate surface area is 163 Å². The molecule has 0 saturated carbocycles. The average molecular weight is 442 g/mol. The van der Waals surface area contributed by atoms with E-state index in [-0.39, 0.29) is 10.3 Å². The summed E-state index contributed by atoms with van der Waals surface area (Å²) in [7, 11) is -0.659. The summed E-state index contributed by atoms with van der Waals surface area (Å²) in [5.41, 5.74) is 0.917. The highest BCUT2D eigenvalue weighted by Gasteiger charge is 2.23. The highest BCUT2D eigenvalue weighted by atomic mass is 79.9. The molecule has 0 aromatic heterocycles. The summed E-state index contributed by atoms with van der Waals surface area (Å²) in [6.45, 7) is 4.39. The quantitative estimate of drug-likeness (QED) is 0.671. The van der Waals surface area contributed by atoms with Crippen molar-refractivity contribution in [2.45, 2.75) is 25.2 Å². The molecule has 5 nitrogen and oxygen atoms in total. The maximum absolute atomic E-state index is 12.6. The van der Waals surface area contributed by atoms with Gasteiger partial charge in [-0.3, -0.25) is 0 Å². The van der Waals surface area contributed by atoms with Crippen LogP contribution in [0.3, 0.4) is 0 Å². The van der Waals surface area contributed by atoms with Crippen LogP contribution in [-0.2, 0) is 16.4 Å². The van der Waals surface area contributed by atoms with E-state index < -0.39 is 10.0 Å². The molecule has 0 atom stereocenters. The fourth-order valence-corrected chi connectivity index (χ4v) is 4.10. The molecule has 1 N–H and O–H groups in total. The number of hydrogen-bond acceptors (Lipinski definition) is 4. The maximum Gasteiger partial charge on any atom is 0.240 e. The Kier molecular flexibility index (Phi) is 6.71. The van der Waals surface area contributed by atoms with Crippen molar-refractivity contribution in [3.8, 4) is 11.5 Å². The van der Waals surface area contributed by atoms with E-state index in [1.54, 1.807) is 6.07 Å². The van der Waals surface area contributed by atoms with E-state index in [0.717, 1.165) is 16.5 Å². The molecule has 2 rings (SSSR count). The van der Waals surface area contributed by atoms with Gasteiger partial charge in [-0.1, -0.05) is 41.9 Å². The van der Waals surface area contributed by atoms with Crippen LogP contribution < -0.4 is 14.2 Å². The van der Waals surface area contributed by atoms with Gasteiger partial charge in [0.1, 0.15) is 0 Å². The third kappa shape index (κ3) is 5.46. The van der Waals surface area contributed by atoms with Crippen molar-refractivity contribution in [3.05, 3.63) is 52.5 Å². The number of halogens is 1. The highest BCUT2D eigenvalue weighted by molar-refractivity contribution is 9.10. The molecule has 0 aliphatic heterocycles. The van der Waals surface area contributed by atoms with Gasteiger partial charge in [0.05, 0.1) is 19.1 Å². The number of rotatable bonds is 8. The van der Waals surface area contributed by atoms with Crippen molar-refractivity contribution in [2.24, 2.45) is 5.41 Å². The van der Waals surface area contributed by atoms with Crippen LogP contribution in [0.1, 0.15) is 19.4 Å². The van der Waals surface area contributed by atoms with Crippen molar-refractivity contribution < 1.29 is 17.9 Å². The van der Waals surface area contributed by atoms with Gasteiger partial charge in [0.2, 0.25) is 10.0 Å². The van der Waals surface area contributed by atoms with Crippen molar-refractivity contribution in [1.29, 1.82) is 0 Å². The zero-order chi connectivity index (χ0) is 19.4. The summed E-state index contributed by atoms with van der Waals surface area (Å²) >= 11 is 3.42. The van der Waals surface area contributed by atoms with Crippen molar-refractivity contribution in [3.63, 3.8) is 0 Å². The summed E-state index contributed by atoms with van der Waals surface area (Å²) in [4.78, 5) is 0.148. The summed E-state index contributed by atoms with van der Waals surface area (Å²) in [5, 5.41) is 0. The van der Waals surface area contributed by atoms with E-state index in [9.17, 15) is 8.42 Å². The Bertz CT molecular complexity index is 848. The monoisotopic (exact) mass is 441 g/mol. The van der Waals surface area contributed by atoms with Gasteiger partial charge in [-0.25, -0.2) is 13.1 Å². The van der Waals surface area contributed by atoms with E-state index in [0.29, 0.717) is 18.0 Å². The first-order valence-electron chi connectivity index (χ1n) is 8.13. The number of nitrogens with one attached hydrogen (secondary N) is 1. The largest absolute Gasteiger partial charge is 0.493 e. The van der Waals surface area contributed by atoms with Crippen LogP contribution in [0.15, 0.2) is 51.8 Å². The third-order valence-corrected chi connectivity index (χ3v) is 5.93. The summed E-state index contributed by atoms with van der Waals surface area (Å²) in [5.74, 6) is 0.867. The topological polar surface area (TPSA) is 64.6 Å². The molecule has 0 heterocycles. The summed E-state index contributed by atoms with van der Waals surface area (Å²) in [6, 6.07) is 12.6. The Hall–Kier alpha value is -1.57. The number of methoxy groups -OCH3 is 2. The lowest BCUT2D eigenvalue weighted by Gasteiger charge is -2.25. The second-order valence-corrected chi connectivity index (χ2v) is 9.49. The average Bonchev–Trinajstić information content (AvgIpc) is 2.61. The second-order valence-electron chi connectivity index (χ2n) is 6.81. The molecule has 0 spiro atoms. The minimum atomic E-state index is -3.64. The Balaban J connectivity index is 2.10. The molecule has 0 saturated heterocycles. The SMILES string of the molecule is COc1ccc(S(=O)(=O)NCC(C)(C)Cc2ccc(Br)cc2)cc1OC. The van der Waals surface area contributed by atoms with E-state index in [2.05, 4.69) is 20.7 Å². The Morgan fingerprint density at radius 1 is 1.00 bits per heavy atom. The molecule has 0 bridgehead atoms. The van der Waals surface area contributed by atoms with Crippen LogP contribution in [0.4, 0.5) is 0 Å². The van der Waals surface area contributed by atoms with Gasteiger partial charge >= 0.3 is 0 Å². The Morgan fingerprint density at radius 2 is 1.62 bits per heavy atom. The molecular formula is C19H24BrNO4S. The lowest BCUT2D eigenvalue weighted by molar-refractivity contribution is 0.353. The highest BCUT2D eigenvalue weighted by Crippen LogP contribution is 2.30. The summed E-state index contributed by atoms with van der Waals surface area (Å²) in [6.07, 6.45) is 0.759. The predicted molar refractivity (Wildman–Crippen MR) is 106 cm³/mol. The van der Waals surface area contributed by atoms with Gasteiger partial charge < -0.3 is 9.47 Å². The second kappa shape index (κ2) is 8.41. The van der Waals surface area contributed by atoms with Crippen LogP contribution in [0.2, 0.25) is 0 Å². The molecule has 26 heavy (non-hydrogen) atoms. The smallest absolute Gasteiger partial charge is 0.240 e. The van der Waals surface area contributed by atoms with Gasteiger partial charge in [-0.05, 0) is 41.7 Å². The molecule has 142 valence electrons. The first-order chi connectivity index (χ1) is 12.2. The molecule has 0 radical (unpaired) electrons. The van der Waals surface area contributed by atoms with Crippen molar-refractivity contribution in [1.82, 2.24) is 4.72 Å². The van der Waals surface area contributed by atoms with Crippen LogP contribution >= 0.6 is 15.9 Å². The van der Waals surface area contributed by atoms with Crippen molar-refractivity contribution >= 4 is 26.0 Å². The van der Waals surface area contributed by atoms with Crippen LogP contribution in [0, 0.1) is 5.41 Å². The molecule has 0 aliphatic rings. The lowest BCUT2D eigenvalue weighted by Crippen LogP contribution is -2.35. The zero-order valence-electron chi connectivity index (χ0n) is 15.4. The molecule has 2 aromatic carbocycles. The van der Waals surface area contributed by atoms with Crippen LogP contribution in [-0.4, -0.2) is 29.2 Å².